The molecule has 1 aliphatic heterocycles. The Morgan fingerprint density at radius 1 is 1.32 bits per heavy atom. The summed E-state index contributed by atoms with van der Waals surface area (Å²) in [6.45, 7) is 6.58. The normalized spacial score (nSPS) is 26.5. The van der Waals surface area contributed by atoms with E-state index < -0.39 is 0 Å². The third-order valence-electron chi connectivity index (χ3n) is 4.69. The predicted octanol–water partition coefficient (Wildman–Crippen LogP) is 3.21. The topological polar surface area (TPSA) is 63.5 Å². The quantitative estimate of drug-likeness (QED) is 0.898. The van der Waals surface area contributed by atoms with E-state index in [-0.39, 0.29) is 18.1 Å². The Bertz CT molecular complexity index is 536. The Morgan fingerprint density at radius 2 is 2.09 bits per heavy atom. The molecule has 1 aromatic heterocycles. The number of amides is 2. The van der Waals surface area contributed by atoms with Crippen molar-refractivity contribution in [1.82, 2.24) is 10.6 Å². The summed E-state index contributed by atoms with van der Waals surface area (Å²) in [6, 6.07) is 2.04. The Kier molecular flexibility index (Phi) is 4.43. The number of carbonyl (C=O) groups excluding carboxylic acids is 1. The van der Waals surface area contributed by atoms with Gasteiger partial charge < -0.3 is 19.8 Å². The average molecular weight is 306 g/mol. The first kappa shape index (κ1) is 15.4. The number of aryl methyl sites for hydroxylation is 2. The van der Waals surface area contributed by atoms with Crippen molar-refractivity contribution in [3.8, 4) is 0 Å². The van der Waals surface area contributed by atoms with E-state index in [1.165, 1.54) is 12.8 Å². The van der Waals surface area contributed by atoms with Crippen LogP contribution in [0, 0.1) is 19.8 Å². The van der Waals surface area contributed by atoms with E-state index in [4.69, 9.17) is 9.15 Å². The lowest BCUT2D eigenvalue weighted by Crippen LogP contribution is -2.47. The van der Waals surface area contributed by atoms with Crippen molar-refractivity contribution in [3.63, 3.8) is 0 Å². The van der Waals surface area contributed by atoms with Crippen molar-refractivity contribution in [1.29, 1.82) is 0 Å². The average Bonchev–Trinajstić information content (AvgIpc) is 3.24. The van der Waals surface area contributed by atoms with Gasteiger partial charge in [-0.15, -0.1) is 0 Å². The monoisotopic (exact) mass is 306 g/mol. The molecule has 5 heteroatoms. The van der Waals surface area contributed by atoms with Gasteiger partial charge in [0.05, 0.1) is 12.1 Å². The molecule has 0 unspecified atom stereocenters. The zero-order chi connectivity index (χ0) is 15.7. The predicted molar refractivity (Wildman–Crippen MR) is 83.8 cm³/mol. The molecule has 1 saturated heterocycles. The fourth-order valence-electron chi connectivity index (χ4n) is 3.34. The number of ether oxygens (including phenoxy) is 1. The summed E-state index contributed by atoms with van der Waals surface area (Å²) in [7, 11) is 0. The van der Waals surface area contributed by atoms with E-state index in [0.29, 0.717) is 6.10 Å². The summed E-state index contributed by atoms with van der Waals surface area (Å²) in [5.41, 5.74) is 1.04. The van der Waals surface area contributed by atoms with Crippen molar-refractivity contribution in [3.05, 3.63) is 23.2 Å². The molecule has 0 aromatic carbocycles. The van der Waals surface area contributed by atoms with Gasteiger partial charge in [0.25, 0.3) is 0 Å². The van der Waals surface area contributed by atoms with Gasteiger partial charge in [-0.05, 0) is 58.4 Å². The molecule has 2 amide bonds. The smallest absolute Gasteiger partial charge is 0.315 e. The van der Waals surface area contributed by atoms with Crippen LogP contribution in [0.3, 0.4) is 0 Å². The first-order valence-electron chi connectivity index (χ1n) is 8.28. The first-order chi connectivity index (χ1) is 10.5. The number of hydrogen-bond acceptors (Lipinski definition) is 3. The van der Waals surface area contributed by atoms with Crippen molar-refractivity contribution in [2.75, 3.05) is 6.61 Å². The van der Waals surface area contributed by atoms with Crippen LogP contribution in [0.1, 0.15) is 55.7 Å². The summed E-state index contributed by atoms with van der Waals surface area (Å²) in [5, 5.41) is 6.10. The number of furan rings is 1. The lowest BCUT2D eigenvalue weighted by Gasteiger charge is -2.30. The molecular formula is C17H26N2O3. The van der Waals surface area contributed by atoms with Crippen molar-refractivity contribution in [2.24, 2.45) is 5.92 Å². The maximum absolute atomic E-state index is 12.2. The van der Waals surface area contributed by atoms with Crippen molar-refractivity contribution in [2.45, 2.75) is 64.6 Å². The SMILES string of the molecule is Cc1cc([C@H](C)NC(=O)N[C@H]2CCO[C@@H](C3CC3)C2)c(C)o1. The maximum Gasteiger partial charge on any atom is 0.315 e. The summed E-state index contributed by atoms with van der Waals surface area (Å²) in [6.07, 6.45) is 4.74. The Balaban J connectivity index is 1.50. The zero-order valence-electron chi connectivity index (χ0n) is 13.6. The molecule has 1 aliphatic carbocycles. The second kappa shape index (κ2) is 6.32. The third-order valence-corrected chi connectivity index (χ3v) is 4.69. The van der Waals surface area contributed by atoms with Crippen molar-refractivity contribution >= 4 is 6.03 Å². The molecule has 122 valence electrons. The van der Waals surface area contributed by atoms with E-state index in [1.54, 1.807) is 0 Å². The molecule has 2 N–H and O–H groups in total. The van der Waals surface area contributed by atoms with Crippen LogP contribution in [0.2, 0.25) is 0 Å². The van der Waals surface area contributed by atoms with Gasteiger partial charge in [0.2, 0.25) is 0 Å². The molecule has 3 atom stereocenters. The van der Waals surface area contributed by atoms with Crippen LogP contribution < -0.4 is 10.6 Å². The highest BCUT2D eigenvalue weighted by Crippen LogP contribution is 2.38. The van der Waals surface area contributed by atoms with Crippen LogP contribution in [0.25, 0.3) is 0 Å². The standard InChI is InChI=1S/C17H26N2O3/c1-10-8-15(12(3)22-10)11(2)18-17(20)19-14-6-7-21-16(9-14)13-4-5-13/h8,11,13-14,16H,4-7,9H2,1-3H3,(H2,18,19,20)/t11-,14-,16+/m0/s1. The molecule has 2 aliphatic rings. The number of carbonyl (C=O) groups is 1. The summed E-state index contributed by atoms with van der Waals surface area (Å²) in [4.78, 5) is 12.2. The van der Waals surface area contributed by atoms with Crippen LogP contribution >= 0.6 is 0 Å². The van der Waals surface area contributed by atoms with Crippen LogP contribution in [0.5, 0.6) is 0 Å². The third kappa shape index (κ3) is 3.64. The van der Waals surface area contributed by atoms with Gasteiger partial charge in [-0.1, -0.05) is 0 Å². The fourth-order valence-corrected chi connectivity index (χ4v) is 3.34. The van der Waals surface area contributed by atoms with Crippen LogP contribution in [-0.4, -0.2) is 24.8 Å². The zero-order valence-corrected chi connectivity index (χ0v) is 13.6. The second-order valence-electron chi connectivity index (χ2n) is 6.68. The highest BCUT2D eigenvalue weighted by atomic mass is 16.5. The highest BCUT2D eigenvalue weighted by Gasteiger charge is 2.36. The van der Waals surface area contributed by atoms with E-state index in [1.807, 2.05) is 26.8 Å². The molecule has 1 saturated carbocycles. The molecule has 1 aromatic rings. The Hall–Kier alpha value is -1.49. The number of hydrogen-bond donors (Lipinski definition) is 2. The summed E-state index contributed by atoms with van der Waals surface area (Å²) < 4.78 is 11.3. The summed E-state index contributed by atoms with van der Waals surface area (Å²) in [5.74, 6) is 2.46. The Labute approximate surface area is 131 Å². The van der Waals surface area contributed by atoms with Crippen LogP contribution in [0.15, 0.2) is 10.5 Å². The van der Waals surface area contributed by atoms with E-state index in [0.717, 1.165) is 42.5 Å². The highest BCUT2D eigenvalue weighted by molar-refractivity contribution is 5.74. The Morgan fingerprint density at radius 3 is 2.73 bits per heavy atom. The van der Waals surface area contributed by atoms with Gasteiger partial charge >= 0.3 is 6.03 Å². The second-order valence-corrected chi connectivity index (χ2v) is 6.68. The summed E-state index contributed by atoms with van der Waals surface area (Å²) >= 11 is 0. The van der Waals surface area contributed by atoms with Gasteiger partial charge in [0.15, 0.2) is 0 Å². The minimum Gasteiger partial charge on any atom is -0.466 e. The molecule has 2 fully saturated rings. The minimum atomic E-state index is -0.104. The number of rotatable bonds is 4. The van der Waals surface area contributed by atoms with Gasteiger partial charge in [-0.25, -0.2) is 4.79 Å². The molecule has 0 spiro atoms. The molecule has 5 nitrogen and oxygen atoms in total. The van der Waals surface area contributed by atoms with E-state index >= 15 is 0 Å². The molecule has 0 radical (unpaired) electrons. The number of nitrogens with one attached hydrogen (secondary N) is 2. The van der Waals surface area contributed by atoms with Gasteiger partial charge in [0.1, 0.15) is 11.5 Å². The largest absolute Gasteiger partial charge is 0.466 e. The fraction of sp³-hybridized carbons (Fsp3) is 0.706. The van der Waals surface area contributed by atoms with Crippen molar-refractivity contribution < 1.29 is 13.9 Å². The molecule has 3 rings (SSSR count). The number of urea groups is 1. The first-order valence-corrected chi connectivity index (χ1v) is 8.28. The molecule has 0 bridgehead atoms. The maximum atomic E-state index is 12.2. The van der Waals surface area contributed by atoms with Gasteiger partial charge in [-0.3, -0.25) is 0 Å². The molecule has 22 heavy (non-hydrogen) atoms. The lowest BCUT2D eigenvalue weighted by molar-refractivity contribution is -0.00917. The van der Waals surface area contributed by atoms with Gasteiger partial charge in [-0.2, -0.15) is 0 Å². The van der Waals surface area contributed by atoms with Crippen LogP contribution in [-0.2, 0) is 4.74 Å². The lowest BCUT2D eigenvalue weighted by atomic mass is 10.0. The van der Waals surface area contributed by atoms with E-state index in [2.05, 4.69) is 10.6 Å². The van der Waals surface area contributed by atoms with E-state index in [9.17, 15) is 4.79 Å². The van der Waals surface area contributed by atoms with Gasteiger partial charge in [0, 0.05) is 18.2 Å². The molecule has 2 heterocycles. The minimum absolute atomic E-state index is 0.0588. The van der Waals surface area contributed by atoms with Crippen LogP contribution in [0.4, 0.5) is 4.79 Å². The molecular weight excluding hydrogens is 280 g/mol.